The summed E-state index contributed by atoms with van der Waals surface area (Å²) in [4.78, 5) is 0. The Morgan fingerprint density at radius 3 is 2.72 bits per heavy atom. The Kier molecular flexibility index (Phi) is 4.70. The number of benzene rings is 1. The second kappa shape index (κ2) is 6.08. The number of hydrogen-bond acceptors (Lipinski definition) is 2. The summed E-state index contributed by atoms with van der Waals surface area (Å²) in [6, 6.07) is 2.52. The smallest absolute Gasteiger partial charge is 0.144 e. The number of hydrogen-bond donors (Lipinski definition) is 2. The second-order valence-corrected chi connectivity index (χ2v) is 5.52. The third-order valence-corrected chi connectivity index (χ3v) is 4.02. The molecule has 2 N–H and O–H groups in total. The molecule has 2 atom stereocenters. The average Bonchev–Trinajstić information content (AvgIpc) is 2.36. The van der Waals surface area contributed by atoms with Crippen molar-refractivity contribution in [1.29, 1.82) is 0 Å². The third-order valence-electron chi connectivity index (χ3n) is 3.41. The van der Waals surface area contributed by atoms with E-state index in [0.717, 1.165) is 25.7 Å². The lowest BCUT2D eigenvalue weighted by Crippen LogP contribution is -2.41. The largest absolute Gasteiger partial charge is 0.392 e. The van der Waals surface area contributed by atoms with E-state index in [4.69, 9.17) is 0 Å². The molecular weight excluding hydrogens is 304 g/mol. The standard InChI is InChI=1S/C13H16BrF2NO/c14-9-5-6-10(15)8(13(9)16)7-17-11-3-1-2-4-12(11)18/h5-6,11-12,17-18H,1-4,7H2. The highest BCUT2D eigenvalue weighted by atomic mass is 79.9. The minimum Gasteiger partial charge on any atom is -0.392 e. The van der Waals surface area contributed by atoms with Gasteiger partial charge < -0.3 is 10.4 Å². The van der Waals surface area contributed by atoms with Crippen molar-refractivity contribution in [2.45, 2.75) is 44.4 Å². The molecule has 0 aromatic heterocycles. The maximum Gasteiger partial charge on any atom is 0.144 e. The molecule has 0 amide bonds. The number of nitrogens with one attached hydrogen (secondary N) is 1. The molecule has 1 aromatic carbocycles. The van der Waals surface area contributed by atoms with Gasteiger partial charge in [-0.05, 0) is 40.9 Å². The molecule has 5 heteroatoms. The monoisotopic (exact) mass is 319 g/mol. The molecule has 0 spiro atoms. The van der Waals surface area contributed by atoms with Gasteiger partial charge in [-0.1, -0.05) is 12.8 Å². The maximum atomic E-state index is 13.7. The average molecular weight is 320 g/mol. The summed E-state index contributed by atoms with van der Waals surface area (Å²) in [6.45, 7) is 0.0961. The fourth-order valence-corrected chi connectivity index (χ4v) is 2.69. The minimum absolute atomic E-state index is 0.0159. The second-order valence-electron chi connectivity index (χ2n) is 4.66. The lowest BCUT2D eigenvalue weighted by molar-refractivity contribution is 0.0899. The van der Waals surface area contributed by atoms with Crippen LogP contribution < -0.4 is 5.32 Å². The van der Waals surface area contributed by atoms with Crippen LogP contribution in [-0.4, -0.2) is 17.3 Å². The zero-order chi connectivity index (χ0) is 13.1. The molecule has 2 unspecified atom stereocenters. The van der Waals surface area contributed by atoms with Gasteiger partial charge in [-0.25, -0.2) is 8.78 Å². The van der Waals surface area contributed by atoms with Gasteiger partial charge in [0.2, 0.25) is 0 Å². The van der Waals surface area contributed by atoms with E-state index < -0.39 is 17.7 Å². The van der Waals surface area contributed by atoms with E-state index in [1.165, 1.54) is 12.1 Å². The Labute approximate surface area is 114 Å². The lowest BCUT2D eigenvalue weighted by atomic mass is 9.92. The Morgan fingerprint density at radius 2 is 2.00 bits per heavy atom. The summed E-state index contributed by atoms with van der Waals surface area (Å²) >= 11 is 3.04. The Bertz CT molecular complexity index is 428. The Balaban J connectivity index is 2.03. The number of aliphatic hydroxyl groups is 1. The first-order valence-corrected chi connectivity index (χ1v) is 6.92. The van der Waals surface area contributed by atoms with Crippen LogP contribution in [0.2, 0.25) is 0 Å². The van der Waals surface area contributed by atoms with Crippen molar-refractivity contribution in [3.05, 3.63) is 33.8 Å². The summed E-state index contributed by atoms with van der Waals surface area (Å²) in [7, 11) is 0. The van der Waals surface area contributed by atoms with Crippen LogP contribution in [0.1, 0.15) is 31.2 Å². The molecule has 1 aliphatic rings. The molecule has 0 radical (unpaired) electrons. The van der Waals surface area contributed by atoms with Gasteiger partial charge in [-0.3, -0.25) is 0 Å². The highest BCUT2D eigenvalue weighted by Gasteiger charge is 2.23. The van der Waals surface area contributed by atoms with E-state index in [1.807, 2.05) is 0 Å². The van der Waals surface area contributed by atoms with Crippen molar-refractivity contribution in [2.24, 2.45) is 0 Å². The fraction of sp³-hybridized carbons (Fsp3) is 0.538. The van der Waals surface area contributed by atoms with Gasteiger partial charge in [-0.15, -0.1) is 0 Å². The number of aliphatic hydroxyl groups excluding tert-OH is 1. The van der Waals surface area contributed by atoms with E-state index in [1.54, 1.807) is 0 Å². The molecule has 0 aliphatic heterocycles. The van der Waals surface area contributed by atoms with Gasteiger partial charge in [0.05, 0.1) is 10.6 Å². The van der Waals surface area contributed by atoms with Crippen LogP contribution in [0.5, 0.6) is 0 Å². The van der Waals surface area contributed by atoms with E-state index in [0.29, 0.717) is 0 Å². The normalized spacial score (nSPS) is 24.2. The highest BCUT2D eigenvalue weighted by molar-refractivity contribution is 9.10. The zero-order valence-corrected chi connectivity index (χ0v) is 11.5. The first-order valence-electron chi connectivity index (χ1n) is 6.13. The summed E-state index contributed by atoms with van der Waals surface area (Å²) in [5, 5.41) is 12.8. The van der Waals surface area contributed by atoms with Crippen LogP contribution in [0, 0.1) is 11.6 Å². The molecule has 1 aromatic rings. The zero-order valence-electron chi connectivity index (χ0n) is 9.93. The number of rotatable bonds is 3. The summed E-state index contributed by atoms with van der Waals surface area (Å²) in [6.07, 6.45) is 3.23. The summed E-state index contributed by atoms with van der Waals surface area (Å²) < 4.78 is 27.5. The summed E-state index contributed by atoms with van der Waals surface area (Å²) in [5.74, 6) is -1.14. The third kappa shape index (κ3) is 3.08. The van der Waals surface area contributed by atoms with E-state index >= 15 is 0 Å². The lowest BCUT2D eigenvalue weighted by Gasteiger charge is -2.28. The van der Waals surface area contributed by atoms with Crippen LogP contribution in [0.4, 0.5) is 8.78 Å². The van der Waals surface area contributed by atoms with Gasteiger partial charge in [0.1, 0.15) is 11.6 Å². The Hall–Kier alpha value is -0.520. The van der Waals surface area contributed by atoms with Gasteiger partial charge in [0.25, 0.3) is 0 Å². The van der Waals surface area contributed by atoms with Crippen LogP contribution in [0.3, 0.4) is 0 Å². The summed E-state index contributed by atoms with van der Waals surface area (Å²) in [5.41, 5.74) is 0.0159. The van der Waals surface area contributed by atoms with Gasteiger partial charge in [0, 0.05) is 18.2 Å². The van der Waals surface area contributed by atoms with Crippen molar-refractivity contribution in [1.82, 2.24) is 5.32 Å². The molecule has 2 nitrogen and oxygen atoms in total. The molecule has 0 heterocycles. The molecule has 0 bridgehead atoms. The maximum absolute atomic E-state index is 13.7. The van der Waals surface area contributed by atoms with E-state index in [2.05, 4.69) is 21.2 Å². The van der Waals surface area contributed by atoms with Crippen molar-refractivity contribution >= 4 is 15.9 Å². The number of halogens is 3. The molecular formula is C13H16BrF2NO. The van der Waals surface area contributed by atoms with Crippen molar-refractivity contribution in [3.8, 4) is 0 Å². The van der Waals surface area contributed by atoms with Crippen LogP contribution in [0.15, 0.2) is 16.6 Å². The fourth-order valence-electron chi connectivity index (χ4n) is 2.31. The van der Waals surface area contributed by atoms with Gasteiger partial charge >= 0.3 is 0 Å². The topological polar surface area (TPSA) is 32.3 Å². The van der Waals surface area contributed by atoms with Crippen molar-refractivity contribution in [3.63, 3.8) is 0 Å². The predicted octanol–water partition coefficient (Wildman–Crippen LogP) is 3.12. The molecule has 100 valence electrons. The molecule has 1 aliphatic carbocycles. The SMILES string of the molecule is OC1CCCCC1NCc1c(F)ccc(Br)c1F. The minimum atomic E-state index is -0.576. The Morgan fingerprint density at radius 1 is 1.28 bits per heavy atom. The van der Waals surface area contributed by atoms with Crippen LogP contribution in [-0.2, 0) is 6.54 Å². The quantitative estimate of drug-likeness (QED) is 0.839. The van der Waals surface area contributed by atoms with E-state index in [9.17, 15) is 13.9 Å². The molecule has 18 heavy (non-hydrogen) atoms. The van der Waals surface area contributed by atoms with Crippen LogP contribution >= 0.6 is 15.9 Å². The molecule has 1 fully saturated rings. The first kappa shape index (κ1) is 13.9. The highest BCUT2D eigenvalue weighted by Crippen LogP contribution is 2.23. The van der Waals surface area contributed by atoms with Crippen molar-refractivity contribution < 1.29 is 13.9 Å². The van der Waals surface area contributed by atoms with E-state index in [-0.39, 0.29) is 22.6 Å². The van der Waals surface area contributed by atoms with Gasteiger partial charge in [-0.2, -0.15) is 0 Å². The first-order chi connectivity index (χ1) is 8.59. The van der Waals surface area contributed by atoms with Crippen LogP contribution in [0.25, 0.3) is 0 Å². The molecule has 1 saturated carbocycles. The molecule has 2 rings (SSSR count). The van der Waals surface area contributed by atoms with Gasteiger partial charge in [0.15, 0.2) is 0 Å². The van der Waals surface area contributed by atoms with Crippen molar-refractivity contribution in [2.75, 3.05) is 0 Å². The predicted molar refractivity (Wildman–Crippen MR) is 69.2 cm³/mol. The molecule has 0 saturated heterocycles.